The van der Waals surface area contributed by atoms with Crippen LogP contribution in [0.1, 0.15) is 24.6 Å². The maximum Gasteiger partial charge on any atom is 0.265 e. The lowest BCUT2D eigenvalue weighted by Crippen LogP contribution is -2.48. The van der Waals surface area contributed by atoms with Crippen molar-refractivity contribution in [3.05, 3.63) is 54.4 Å². The Morgan fingerprint density at radius 2 is 2.00 bits per heavy atom. The van der Waals surface area contributed by atoms with Gasteiger partial charge in [-0.2, -0.15) is 0 Å². The number of carbonyl (C=O) groups is 2. The lowest BCUT2D eigenvalue weighted by atomic mass is 9.97. The number of carbonyl (C=O) groups excluding carboxylic acids is 2. The first-order chi connectivity index (χ1) is 14.2. The quantitative estimate of drug-likeness (QED) is 0.746. The Balaban J connectivity index is 1.32. The van der Waals surface area contributed by atoms with E-state index < -0.39 is 0 Å². The number of aromatic amines is 1. The van der Waals surface area contributed by atoms with E-state index in [0.717, 1.165) is 29.7 Å². The summed E-state index contributed by atoms with van der Waals surface area (Å²) in [5.74, 6) is 1.50. The molecule has 2 aliphatic heterocycles. The van der Waals surface area contributed by atoms with Crippen LogP contribution in [0.3, 0.4) is 0 Å². The number of para-hydroxylation sites is 4. The molecule has 7 heteroatoms. The molecular formula is C22H22N4O3. The summed E-state index contributed by atoms with van der Waals surface area (Å²) >= 11 is 0. The van der Waals surface area contributed by atoms with Crippen molar-refractivity contribution in [2.75, 3.05) is 31.1 Å². The van der Waals surface area contributed by atoms with Gasteiger partial charge < -0.3 is 14.6 Å². The number of imidazole rings is 1. The minimum absolute atomic E-state index is 0.0338. The normalized spacial score (nSPS) is 19.2. The van der Waals surface area contributed by atoms with Crippen molar-refractivity contribution in [1.82, 2.24) is 14.9 Å². The first-order valence-corrected chi connectivity index (χ1v) is 9.93. The van der Waals surface area contributed by atoms with E-state index in [-0.39, 0.29) is 30.9 Å². The Labute approximate surface area is 168 Å². The highest BCUT2D eigenvalue weighted by molar-refractivity contribution is 6.02. The molecule has 148 valence electrons. The molecule has 1 saturated heterocycles. The maximum atomic E-state index is 13.0. The summed E-state index contributed by atoms with van der Waals surface area (Å²) in [5.41, 5.74) is 2.62. The predicted molar refractivity (Wildman–Crippen MR) is 109 cm³/mol. The fraction of sp³-hybridized carbons (Fsp3) is 0.318. The van der Waals surface area contributed by atoms with Gasteiger partial charge in [0.1, 0.15) is 18.1 Å². The second-order valence-corrected chi connectivity index (χ2v) is 7.55. The predicted octanol–water partition coefficient (Wildman–Crippen LogP) is 2.69. The van der Waals surface area contributed by atoms with E-state index in [1.54, 1.807) is 0 Å². The zero-order valence-electron chi connectivity index (χ0n) is 16.0. The summed E-state index contributed by atoms with van der Waals surface area (Å²) < 4.78 is 5.47. The summed E-state index contributed by atoms with van der Waals surface area (Å²) in [7, 11) is 0. The maximum absolute atomic E-state index is 13.0. The number of fused-ring (bicyclic) bond motifs is 2. The van der Waals surface area contributed by atoms with Gasteiger partial charge in [-0.1, -0.05) is 24.3 Å². The lowest BCUT2D eigenvalue weighted by Gasteiger charge is -2.35. The molecular weight excluding hydrogens is 368 g/mol. The van der Waals surface area contributed by atoms with Gasteiger partial charge in [0, 0.05) is 19.0 Å². The summed E-state index contributed by atoms with van der Waals surface area (Å²) in [6, 6.07) is 15.3. The Morgan fingerprint density at radius 1 is 1.17 bits per heavy atom. The number of H-pyrrole nitrogens is 1. The van der Waals surface area contributed by atoms with Crippen LogP contribution in [0, 0.1) is 0 Å². The molecule has 0 aliphatic carbocycles. The SMILES string of the molecule is O=C(CN1C(=O)COc2ccccc21)N1CCCC(c2nc3ccccc3[nH]2)C1. The highest BCUT2D eigenvalue weighted by atomic mass is 16.5. The molecule has 0 saturated carbocycles. The Kier molecular flexibility index (Phi) is 4.42. The Morgan fingerprint density at radius 3 is 2.90 bits per heavy atom. The van der Waals surface area contributed by atoms with Gasteiger partial charge in [-0.05, 0) is 37.1 Å². The number of nitrogens with zero attached hydrogens (tertiary/aromatic N) is 3. The molecule has 0 radical (unpaired) electrons. The van der Waals surface area contributed by atoms with E-state index in [1.165, 1.54) is 4.90 Å². The topological polar surface area (TPSA) is 78.5 Å². The minimum Gasteiger partial charge on any atom is -0.482 e. The third-order valence-corrected chi connectivity index (χ3v) is 5.67. The van der Waals surface area contributed by atoms with E-state index in [9.17, 15) is 9.59 Å². The van der Waals surface area contributed by atoms with Gasteiger partial charge in [0.05, 0.1) is 16.7 Å². The molecule has 2 amide bonds. The Bertz CT molecular complexity index is 1040. The van der Waals surface area contributed by atoms with Crippen molar-refractivity contribution in [3.8, 4) is 5.75 Å². The molecule has 5 rings (SSSR count). The van der Waals surface area contributed by atoms with Gasteiger partial charge in [0.15, 0.2) is 6.61 Å². The molecule has 0 bridgehead atoms. The van der Waals surface area contributed by atoms with E-state index in [4.69, 9.17) is 9.72 Å². The Hall–Kier alpha value is -3.35. The molecule has 7 nitrogen and oxygen atoms in total. The molecule has 29 heavy (non-hydrogen) atoms. The third-order valence-electron chi connectivity index (χ3n) is 5.67. The van der Waals surface area contributed by atoms with Crippen LogP contribution in [-0.4, -0.2) is 52.9 Å². The van der Waals surface area contributed by atoms with Crippen molar-refractivity contribution in [2.24, 2.45) is 0 Å². The number of aromatic nitrogens is 2. The molecule has 0 spiro atoms. The lowest BCUT2D eigenvalue weighted by molar-refractivity contribution is -0.133. The number of ether oxygens (including phenoxy) is 1. The largest absolute Gasteiger partial charge is 0.482 e. The van der Waals surface area contributed by atoms with Crippen molar-refractivity contribution in [2.45, 2.75) is 18.8 Å². The van der Waals surface area contributed by atoms with Crippen LogP contribution in [0.5, 0.6) is 5.75 Å². The molecule has 1 fully saturated rings. The highest BCUT2D eigenvalue weighted by Crippen LogP contribution is 2.32. The van der Waals surface area contributed by atoms with E-state index in [0.29, 0.717) is 24.5 Å². The van der Waals surface area contributed by atoms with Gasteiger partial charge in [-0.25, -0.2) is 4.98 Å². The van der Waals surface area contributed by atoms with Crippen LogP contribution in [0.4, 0.5) is 5.69 Å². The number of amides is 2. The summed E-state index contributed by atoms with van der Waals surface area (Å²) in [4.78, 5) is 36.9. The highest BCUT2D eigenvalue weighted by Gasteiger charge is 2.31. The first kappa shape index (κ1) is 17.7. The van der Waals surface area contributed by atoms with Gasteiger partial charge in [0.25, 0.3) is 5.91 Å². The third kappa shape index (κ3) is 3.33. The van der Waals surface area contributed by atoms with Crippen molar-refractivity contribution >= 4 is 28.5 Å². The van der Waals surface area contributed by atoms with Crippen LogP contribution in [-0.2, 0) is 9.59 Å². The molecule has 1 unspecified atom stereocenters. The fourth-order valence-corrected chi connectivity index (χ4v) is 4.16. The number of hydrogen-bond donors (Lipinski definition) is 1. The number of piperidine rings is 1. The summed E-state index contributed by atoms with van der Waals surface area (Å²) in [6.07, 6.45) is 1.91. The molecule has 3 aromatic rings. The average Bonchev–Trinajstić information content (AvgIpc) is 3.20. The van der Waals surface area contributed by atoms with E-state index in [2.05, 4.69) is 4.98 Å². The summed E-state index contributed by atoms with van der Waals surface area (Å²) in [5, 5.41) is 0. The van der Waals surface area contributed by atoms with Crippen LogP contribution in [0.2, 0.25) is 0 Å². The summed E-state index contributed by atoms with van der Waals surface area (Å²) in [6.45, 7) is 1.31. The van der Waals surface area contributed by atoms with Crippen LogP contribution in [0.15, 0.2) is 48.5 Å². The molecule has 2 aliphatic rings. The van der Waals surface area contributed by atoms with Gasteiger partial charge in [-0.15, -0.1) is 0 Å². The number of likely N-dealkylation sites (tertiary alicyclic amines) is 1. The molecule has 3 heterocycles. The van der Waals surface area contributed by atoms with Crippen molar-refractivity contribution in [1.29, 1.82) is 0 Å². The van der Waals surface area contributed by atoms with E-state index in [1.807, 2.05) is 53.4 Å². The monoisotopic (exact) mass is 390 g/mol. The van der Waals surface area contributed by atoms with Crippen LogP contribution in [0.25, 0.3) is 11.0 Å². The molecule has 1 aromatic heterocycles. The van der Waals surface area contributed by atoms with Gasteiger partial charge >= 0.3 is 0 Å². The van der Waals surface area contributed by atoms with Crippen LogP contribution >= 0.6 is 0 Å². The van der Waals surface area contributed by atoms with E-state index >= 15 is 0 Å². The van der Waals surface area contributed by atoms with Crippen molar-refractivity contribution < 1.29 is 14.3 Å². The second kappa shape index (κ2) is 7.24. The minimum atomic E-state index is -0.192. The van der Waals surface area contributed by atoms with Gasteiger partial charge in [0.2, 0.25) is 5.91 Å². The number of anilines is 1. The standard InChI is InChI=1S/C22H22N4O3/c27-20(13-26-18-9-3-4-10-19(18)29-14-21(26)28)25-11-5-6-15(12-25)22-23-16-7-1-2-8-17(16)24-22/h1-4,7-10,15H,5-6,11-14H2,(H,23,24). The number of rotatable bonds is 3. The fourth-order valence-electron chi connectivity index (χ4n) is 4.16. The number of benzene rings is 2. The molecule has 2 aromatic carbocycles. The van der Waals surface area contributed by atoms with Crippen LogP contribution < -0.4 is 9.64 Å². The van der Waals surface area contributed by atoms with Gasteiger partial charge in [-0.3, -0.25) is 14.5 Å². The number of nitrogens with one attached hydrogen (secondary N) is 1. The number of hydrogen-bond acceptors (Lipinski definition) is 4. The average molecular weight is 390 g/mol. The second-order valence-electron chi connectivity index (χ2n) is 7.55. The zero-order chi connectivity index (χ0) is 19.8. The smallest absolute Gasteiger partial charge is 0.265 e. The van der Waals surface area contributed by atoms with Crippen molar-refractivity contribution in [3.63, 3.8) is 0 Å². The zero-order valence-corrected chi connectivity index (χ0v) is 16.0. The molecule has 1 atom stereocenters. The molecule has 1 N–H and O–H groups in total. The first-order valence-electron chi connectivity index (χ1n) is 9.93.